The van der Waals surface area contributed by atoms with Crippen molar-refractivity contribution in [2.24, 2.45) is 0 Å². The minimum Gasteiger partial charge on any atom is -0.321 e. The molecule has 5 rings (SSSR count). The lowest BCUT2D eigenvalue weighted by Crippen LogP contribution is -2.32. The number of para-hydroxylation sites is 1. The van der Waals surface area contributed by atoms with Gasteiger partial charge < -0.3 is 4.98 Å². The van der Waals surface area contributed by atoms with Crippen molar-refractivity contribution in [3.8, 4) is 0 Å². The lowest BCUT2D eigenvalue weighted by atomic mass is 10.1. The zero-order valence-corrected chi connectivity index (χ0v) is 19.9. The van der Waals surface area contributed by atoms with Gasteiger partial charge >= 0.3 is 0 Å². The predicted octanol–water partition coefficient (Wildman–Crippen LogP) is 5.09. The lowest BCUT2D eigenvalue weighted by Gasteiger charge is -2.31. The molecule has 4 aromatic rings. The van der Waals surface area contributed by atoms with E-state index in [1.54, 1.807) is 0 Å². The fraction of sp³-hybridized carbons (Fsp3) is 0.407. The average molecular weight is 457 g/mol. The van der Waals surface area contributed by atoms with E-state index in [0.717, 1.165) is 47.1 Å². The zero-order chi connectivity index (χ0) is 23.5. The van der Waals surface area contributed by atoms with Crippen LogP contribution in [0.5, 0.6) is 0 Å². The van der Waals surface area contributed by atoms with Gasteiger partial charge in [0.25, 0.3) is 5.56 Å². The quantitative estimate of drug-likeness (QED) is 0.399. The van der Waals surface area contributed by atoms with Crippen LogP contribution in [0.15, 0.2) is 59.4 Å². The van der Waals surface area contributed by atoms with Gasteiger partial charge in [0, 0.05) is 18.7 Å². The SMILES string of the molecule is CC[C@@H](c1nnnn1C1CCCC1)N(Cc1ccccc1)Cc1cc2cccc(C)c2[nH]c1=O. The van der Waals surface area contributed by atoms with Gasteiger partial charge in [-0.25, -0.2) is 4.68 Å². The molecule has 1 N–H and O–H groups in total. The smallest absolute Gasteiger partial charge is 0.252 e. The molecule has 2 heterocycles. The number of hydrogen-bond donors (Lipinski definition) is 1. The molecule has 7 heteroatoms. The van der Waals surface area contributed by atoms with Gasteiger partial charge in [-0.15, -0.1) is 5.10 Å². The van der Waals surface area contributed by atoms with E-state index in [2.05, 4.69) is 62.7 Å². The summed E-state index contributed by atoms with van der Waals surface area (Å²) < 4.78 is 2.05. The van der Waals surface area contributed by atoms with E-state index in [-0.39, 0.29) is 11.6 Å². The summed E-state index contributed by atoms with van der Waals surface area (Å²) in [4.78, 5) is 18.6. The number of nitrogens with zero attached hydrogens (tertiary/aromatic N) is 5. The monoisotopic (exact) mass is 456 g/mol. The number of tetrazole rings is 1. The fourth-order valence-corrected chi connectivity index (χ4v) is 5.29. The second-order valence-corrected chi connectivity index (χ2v) is 9.40. The van der Waals surface area contributed by atoms with E-state index < -0.39 is 0 Å². The molecule has 7 nitrogen and oxygen atoms in total. The minimum atomic E-state index is -0.0369. The Morgan fingerprint density at radius 3 is 2.65 bits per heavy atom. The first kappa shape index (κ1) is 22.5. The van der Waals surface area contributed by atoms with Gasteiger partial charge in [-0.3, -0.25) is 9.69 Å². The molecule has 0 bridgehead atoms. The maximum absolute atomic E-state index is 13.1. The van der Waals surface area contributed by atoms with E-state index in [4.69, 9.17) is 0 Å². The standard InChI is InChI=1S/C27H32N6O/c1-3-24(26-29-30-31-33(26)23-14-7-8-15-23)32(17-20-11-5-4-6-12-20)18-22-16-21-13-9-10-19(2)25(21)28-27(22)34/h4-6,9-13,16,23-24H,3,7-8,14-15,17-18H2,1-2H3,(H,28,34)/t24-/m0/s1. The Balaban J connectivity index is 1.53. The Labute approximate surface area is 199 Å². The number of nitrogens with one attached hydrogen (secondary N) is 1. The van der Waals surface area contributed by atoms with Crippen LogP contribution in [0.3, 0.4) is 0 Å². The average Bonchev–Trinajstić information content (AvgIpc) is 3.54. The van der Waals surface area contributed by atoms with E-state index >= 15 is 0 Å². The molecule has 0 aliphatic heterocycles. The highest BCUT2D eigenvalue weighted by Gasteiger charge is 2.29. The molecule has 2 aromatic heterocycles. The second kappa shape index (κ2) is 9.89. The molecule has 34 heavy (non-hydrogen) atoms. The highest BCUT2D eigenvalue weighted by atomic mass is 16.1. The van der Waals surface area contributed by atoms with Crippen LogP contribution in [0, 0.1) is 6.92 Å². The molecule has 0 spiro atoms. The highest BCUT2D eigenvalue weighted by molar-refractivity contribution is 5.81. The first-order valence-corrected chi connectivity index (χ1v) is 12.3. The number of hydrogen-bond acceptors (Lipinski definition) is 5. The molecule has 0 amide bonds. The number of fused-ring (bicyclic) bond motifs is 1. The van der Waals surface area contributed by atoms with Crippen molar-refractivity contribution < 1.29 is 0 Å². The minimum absolute atomic E-state index is 0.00316. The lowest BCUT2D eigenvalue weighted by molar-refractivity contribution is 0.158. The zero-order valence-electron chi connectivity index (χ0n) is 19.9. The van der Waals surface area contributed by atoms with Crippen LogP contribution < -0.4 is 5.56 Å². The number of benzene rings is 2. The molecule has 1 saturated carbocycles. The molecule has 1 aliphatic carbocycles. The normalized spacial score (nSPS) is 15.4. The Bertz CT molecular complexity index is 1310. The predicted molar refractivity (Wildman–Crippen MR) is 133 cm³/mol. The topological polar surface area (TPSA) is 79.7 Å². The number of rotatable bonds is 8. The summed E-state index contributed by atoms with van der Waals surface area (Å²) in [5, 5.41) is 14.0. The molecule has 0 unspecified atom stereocenters. The van der Waals surface area contributed by atoms with Crippen molar-refractivity contribution in [3.05, 3.63) is 87.5 Å². The van der Waals surface area contributed by atoms with Gasteiger partial charge in [-0.05, 0) is 59.2 Å². The highest BCUT2D eigenvalue weighted by Crippen LogP contribution is 2.33. The summed E-state index contributed by atoms with van der Waals surface area (Å²) in [5.41, 5.74) is 3.90. The van der Waals surface area contributed by atoms with Crippen LogP contribution in [0.4, 0.5) is 0 Å². The maximum atomic E-state index is 13.1. The van der Waals surface area contributed by atoms with Crippen molar-refractivity contribution in [3.63, 3.8) is 0 Å². The van der Waals surface area contributed by atoms with Gasteiger partial charge in [0.1, 0.15) is 0 Å². The Hall–Kier alpha value is -3.32. The third-order valence-electron chi connectivity index (χ3n) is 7.08. The number of pyridine rings is 1. The molecular formula is C27H32N6O. The summed E-state index contributed by atoms with van der Waals surface area (Å²) >= 11 is 0. The molecule has 1 atom stereocenters. The van der Waals surface area contributed by atoms with Gasteiger partial charge in [0.15, 0.2) is 5.82 Å². The van der Waals surface area contributed by atoms with Crippen LogP contribution in [0.1, 0.15) is 73.6 Å². The molecule has 0 radical (unpaired) electrons. The summed E-state index contributed by atoms with van der Waals surface area (Å²) in [6.45, 7) is 5.42. The van der Waals surface area contributed by atoms with Crippen molar-refractivity contribution >= 4 is 10.9 Å². The van der Waals surface area contributed by atoms with Gasteiger partial charge in [0.2, 0.25) is 0 Å². The van der Waals surface area contributed by atoms with Crippen molar-refractivity contribution in [1.82, 2.24) is 30.1 Å². The molecule has 1 fully saturated rings. The third kappa shape index (κ3) is 4.53. The fourth-order valence-electron chi connectivity index (χ4n) is 5.29. The first-order valence-electron chi connectivity index (χ1n) is 12.3. The van der Waals surface area contributed by atoms with Crippen LogP contribution in [-0.2, 0) is 13.1 Å². The summed E-state index contributed by atoms with van der Waals surface area (Å²) in [6.07, 6.45) is 5.54. The van der Waals surface area contributed by atoms with E-state index in [1.807, 2.05) is 35.9 Å². The van der Waals surface area contributed by atoms with Gasteiger partial charge in [-0.1, -0.05) is 68.3 Å². The molecule has 2 aromatic carbocycles. The largest absolute Gasteiger partial charge is 0.321 e. The van der Waals surface area contributed by atoms with Crippen molar-refractivity contribution in [2.45, 2.75) is 71.1 Å². The Morgan fingerprint density at radius 2 is 1.88 bits per heavy atom. The van der Waals surface area contributed by atoms with Crippen LogP contribution in [0.25, 0.3) is 10.9 Å². The molecular weight excluding hydrogens is 424 g/mol. The van der Waals surface area contributed by atoms with Crippen molar-refractivity contribution in [2.75, 3.05) is 0 Å². The van der Waals surface area contributed by atoms with Crippen molar-refractivity contribution in [1.29, 1.82) is 0 Å². The third-order valence-corrected chi connectivity index (χ3v) is 7.08. The Morgan fingerprint density at radius 1 is 1.09 bits per heavy atom. The number of aryl methyl sites for hydroxylation is 1. The van der Waals surface area contributed by atoms with Crippen LogP contribution >= 0.6 is 0 Å². The van der Waals surface area contributed by atoms with Gasteiger partial charge in [0.05, 0.1) is 17.6 Å². The molecule has 0 saturated heterocycles. The molecule has 1 aliphatic rings. The number of aromatic amines is 1. The summed E-state index contributed by atoms with van der Waals surface area (Å²) in [7, 11) is 0. The van der Waals surface area contributed by atoms with E-state index in [1.165, 1.54) is 18.4 Å². The second-order valence-electron chi connectivity index (χ2n) is 9.40. The number of aromatic nitrogens is 5. The van der Waals surface area contributed by atoms with Crippen LogP contribution in [0.2, 0.25) is 0 Å². The summed E-state index contributed by atoms with van der Waals surface area (Å²) in [5.74, 6) is 0.901. The first-order chi connectivity index (χ1) is 16.6. The number of H-pyrrole nitrogens is 1. The summed E-state index contributed by atoms with van der Waals surface area (Å²) in [6, 6.07) is 18.9. The Kier molecular flexibility index (Phi) is 6.54. The van der Waals surface area contributed by atoms with Crippen LogP contribution in [-0.4, -0.2) is 30.1 Å². The van der Waals surface area contributed by atoms with E-state index in [9.17, 15) is 4.79 Å². The van der Waals surface area contributed by atoms with Gasteiger partial charge in [-0.2, -0.15) is 0 Å². The molecule has 176 valence electrons. The maximum Gasteiger partial charge on any atom is 0.252 e. The van der Waals surface area contributed by atoms with E-state index in [0.29, 0.717) is 19.1 Å².